The molecule has 0 aliphatic carbocycles. The number of carbonyl (C=O) groups is 1. The lowest BCUT2D eigenvalue weighted by atomic mass is 10.1. The van der Waals surface area contributed by atoms with Gasteiger partial charge in [0.05, 0.1) is 18.4 Å². The zero-order chi connectivity index (χ0) is 18.4. The van der Waals surface area contributed by atoms with Crippen molar-refractivity contribution in [3.05, 3.63) is 53.5 Å². The minimum Gasteiger partial charge on any atom is -0.455 e. The van der Waals surface area contributed by atoms with Crippen molar-refractivity contribution < 1.29 is 18.7 Å². The maximum Gasteiger partial charge on any atom is 0.287 e. The first kappa shape index (κ1) is 19.0. The highest BCUT2D eigenvalue weighted by atomic mass is 32.2. The predicted molar refractivity (Wildman–Crippen MR) is 102 cm³/mol. The van der Waals surface area contributed by atoms with Crippen molar-refractivity contribution in [1.29, 1.82) is 0 Å². The minimum absolute atomic E-state index is 0.0494. The first-order chi connectivity index (χ1) is 12.7. The summed E-state index contributed by atoms with van der Waals surface area (Å²) in [6, 6.07) is 11.9. The van der Waals surface area contributed by atoms with Crippen LogP contribution in [0.5, 0.6) is 0 Å². The molecule has 2 unspecified atom stereocenters. The van der Waals surface area contributed by atoms with Gasteiger partial charge in [-0.05, 0) is 44.5 Å². The van der Waals surface area contributed by atoms with Gasteiger partial charge in [-0.2, -0.15) is 0 Å². The Morgan fingerprint density at radius 2 is 2.08 bits per heavy atom. The molecule has 2 heterocycles. The molecular formula is C20H25NO4S. The number of benzene rings is 1. The van der Waals surface area contributed by atoms with Crippen LogP contribution < -0.4 is 5.32 Å². The number of aryl methyl sites for hydroxylation is 1. The maximum absolute atomic E-state index is 12.5. The highest BCUT2D eigenvalue weighted by Crippen LogP contribution is 2.24. The van der Waals surface area contributed by atoms with Crippen molar-refractivity contribution in [2.45, 2.75) is 43.1 Å². The Morgan fingerprint density at radius 3 is 2.85 bits per heavy atom. The van der Waals surface area contributed by atoms with Gasteiger partial charge in [0.2, 0.25) is 0 Å². The Hall–Kier alpha value is -1.76. The van der Waals surface area contributed by atoms with E-state index >= 15 is 0 Å². The Kier molecular flexibility index (Phi) is 6.77. The van der Waals surface area contributed by atoms with Gasteiger partial charge in [0.25, 0.3) is 5.91 Å². The Balaban J connectivity index is 1.54. The molecule has 0 saturated carbocycles. The summed E-state index contributed by atoms with van der Waals surface area (Å²) in [5.74, 6) is 1.61. The molecule has 0 spiro atoms. The molecular weight excluding hydrogens is 350 g/mol. The van der Waals surface area contributed by atoms with E-state index in [9.17, 15) is 4.79 Å². The van der Waals surface area contributed by atoms with Gasteiger partial charge in [-0.1, -0.05) is 17.7 Å². The molecule has 1 aromatic heterocycles. The molecule has 2 atom stereocenters. The summed E-state index contributed by atoms with van der Waals surface area (Å²) in [7, 11) is 0. The molecule has 1 N–H and O–H groups in total. The molecule has 6 heteroatoms. The molecule has 1 aliphatic rings. The van der Waals surface area contributed by atoms with E-state index in [4.69, 9.17) is 13.9 Å². The van der Waals surface area contributed by atoms with Crippen molar-refractivity contribution >= 4 is 17.7 Å². The van der Waals surface area contributed by atoms with Crippen LogP contribution in [0.3, 0.4) is 0 Å². The quantitative estimate of drug-likeness (QED) is 0.746. The number of hydrogen-bond donors (Lipinski definition) is 1. The molecule has 5 nitrogen and oxygen atoms in total. The number of carbonyl (C=O) groups excluding carboxylic acids is 1. The largest absolute Gasteiger partial charge is 0.455 e. The molecule has 0 bridgehead atoms. The molecule has 1 aromatic carbocycles. The smallest absolute Gasteiger partial charge is 0.287 e. The maximum atomic E-state index is 12.5. The fourth-order valence-electron chi connectivity index (χ4n) is 2.86. The van der Waals surface area contributed by atoms with Crippen LogP contribution in [0.2, 0.25) is 0 Å². The number of rotatable bonds is 7. The number of hydrogen-bond acceptors (Lipinski definition) is 5. The molecule has 3 rings (SSSR count). The third-order valence-electron chi connectivity index (χ3n) is 4.29. The molecule has 1 saturated heterocycles. The SMILES string of the molecule is CCOC1COCCC1NC(=O)c1ccc(CSc2ccc(C)cc2)o1. The highest BCUT2D eigenvalue weighted by Gasteiger charge is 2.28. The standard InChI is InChI=1S/C20H25NO4S/c1-3-24-19-12-23-11-10-17(19)21-20(22)18-9-6-15(25-18)13-26-16-7-4-14(2)5-8-16/h4-9,17,19H,3,10-13H2,1-2H3,(H,21,22). The zero-order valence-corrected chi connectivity index (χ0v) is 16.0. The Labute approximate surface area is 158 Å². The minimum atomic E-state index is -0.201. The highest BCUT2D eigenvalue weighted by molar-refractivity contribution is 7.98. The average Bonchev–Trinajstić information content (AvgIpc) is 3.12. The van der Waals surface area contributed by atoms with Gasteiger partial charge in [-0.3, -0.25) is 4.79 Å². The fourth-order valence-corrected chi connectivity index (χ4v) is 3.65. The first-order valence-electron chi connectivity index (χ1n) is 8.94. The lowest BCUT2D eigenvalue weighted by Gasteiger charge is -2.31. The lowest BCUT2D eigenvalue weighted by molar-refractivity contribution is -0.0634. The van der Waals surface area contributed by atoms with Gasteiger partial charge in [0.15, 0.2) is 5.76 Å². The van der Waals surface area contributed by atoms with E-state index in [0.717, 1.165) is 12.2 Å². The first-order valence-corrected chi connectivity index (χ1v) is 9.92. The summed E-state index contributed by atoms with van der Waals surface area (Å²) in [6.45, 7) is 5.75. The average molecular weight is 375 g/mol. The monoisotopic (exact) mass is 375 g/mol. The molecule has 1 aliphatic heterocycles. The second kappa shape index (κ2) is 9.26. The zero-order valence-electron chi connectivity index (χ0n) is 15.2. The van der Waals surface area contributed by atoms with E-state index in [-0.39, 0.29) is 18.1 Å². The van der Waals surface area contributed by atoms with Crippen LogP contribution in [0.4, 0.5) is 0 Å². The van der Waals surface area contributed by atoms with Crippen molar-refractivity contribution in [2.24, 2.45) is 0 Å². The van der Waals surface area contributed by atoms with Gasteiger partial charge in [0.1, 0.15) is 11.9 Å². The van der Waals surface area contributed by atoms with Crippen LogP contribution in [0.25, 0.3) is 0 Å². The third-order valence-corrected chi connectivity index (χ3v) is 5.32. The van der Waals surface area contributed by atoms with Crippen molar-refractivity contribution in [1.82, 2.24) is 5.32 Å². The summed E-state index contributed by atoms with van der Waals surface area (Å²) in [4.78, 5) is 13.7. The summed E-state index contributed by atoms with van der Waals surface area (Å²) in [5.41, 5.74) is 1.24. The van der Waals surface area contributed by atoms with Crippen LogP contribution in [0.15, 0.2) is 45.7 Å². The molecule has 0 radical (unpaired) electrons. The fraction of sp³-hybridized carbons (Fsp3) is 0.450. The lowest BCUT2D eigenvalue weighted by Crippen LogP contribution is -2.49. The van der Waals surface area contributed by atoms with E-state index in [0.29, 0.717) is 31.3 Å². The van der Waals surface area contributed by atoms with Crippen LogP contribution in [-0.2, 0) is 15.2 Å². The molecule has 1 amide bonds. The van der Waals surface area contributed by atoms with Crippen LogP contribution in [0.1, 0.15) is 35.2 Å². The number of amides is 1. The molecule has 140 valence electrons. The second-order valence-electron chi connectivity index (χ2n) is 6.31. The van der Waals surface area contributed by atoms with E-state index in [1.54, 1.807) is 17.8 Å². The van der Waals surface area contributed by atoms with Crippen LogP contribution in [0, 0.1) is 6.92 Å². The van der Waals surface area contributed by atoms with Crippen molar-refractivity contribution in [2.75, 3.05) is 19.8 Å². The number of furan rings is 1. The Bertz CT molecular complexity index is 711. The van der Waals surface area contributed by atoms with Gasteiger partial charge in [0, 0.05) is 18.1 Å². The third kappa shape index (κ3) is 5.13. The summed E-state index contributed by atoms with van der Waals surface area (Å²) in [5, 5.41) is 3.02. The normalized spacial score (nSPS) is 20.1. The van der Waals surface area contributed by atoms with Gasteiger partial charge >= 0.3 is 0 Å². The van der Waals surface area contributed by atoms with E-state index in [1.165, 1.54) is 10.5 Å². The van der Waals surface area contributed by atoms with E-state index in [2.05, 4.69) is 36.5 Å². The van der Waals surface area contributed by atoms with Gasteiger partial charge in [-0.25, -0.2) is 0 Å². The summed E-state index contributed by atoms with van der Waals surface area (Å²) >= 11 is 1.69. The number of ether oxygens (including phenoxy) is 2. The number of thioether (sulfide) groups is 1. The molecule has 26 heavy (non-hydrogen) atoms. The van der Waals surface area contributed by atoms with E-state index in [1.807, 2.05) is 13.0 Å². The topological polar surface area (TPSA) is 60.7 Å². The van der Waals surface area contributed by atoms with E-state index < -0.39 is 0 Å². The van der Waals surface area contributed by atoms with Crippen LogP contribution >= 0.6 is 11.8 Å². The molecule has 1 fully saturated rings. The summed E-state index contributed by atoms with van der Waals surface area (Å²) < 4.78 is 16.8. The van der Waals surface area contributed by atoms with Gasteiger partial charge < -0.3 is 19.2 Å². The van der Waals surface area contributed by atoms with Crippen molar-refractivity contribution in [3.8, 4) is 0 Å². The van der Waals surface area contributed by atoms with Crippen molar-refractivity contribution in [3.63, 3.8) is 0 Å². The second-order valence-corrected chi connectivity index (χ2v) is 7.35. The van der Waals surface area contributed by atoms with Crippen LogP contribution in [-0.4, -0.2) is 37.9 Å². The van der Waals surface area contributed by atoms with Gasteiger partial charge in [-0.15, -0.1) is 11.8 Å². The number of nitrogens with one attached hydrogen (secondary N) is 1. The molecule has 2 aromatic rings. The Morgan fingerprint density at radius 1 is 1.27 bits per heavy atom. The predicted octanol–water partition coefficient (Wildman–Crippen LogP) is 3.80. The summed E-state index contributed by atoms with van der Waals surface area (Å²) in [6.07, 6.45) is 0.636.